The van der Waals surface area contributed by atoms with Gasteiger partial charge in [-0.2, -0.15) is 0 Å². The summed E-state index contributed by atoms with van der Waals surface area (Å²) in [4.78, 5) is 27.5. The molecule has 150 valence electrons. The Kier molecular flexibility index (Phi) is 6.86. The number of benzene rings is 1. The van der Waals surface area contributed by atoms with Gasteiger partial charge in [-0.15, -0.1) is 0 Å². The molecule has 2 rings (SSSR count). The van der Waals surface area contributed by atoms with Gasteiger partial charge in [0.15, 0.2) is 0 Å². The third kappa shape index (κ3) is 7.18. The summed E-state index contributed by atoms with van der Waals surface area (Å²) in [6.45, 7) is 5.28. The zero-order valence-corrected chi connectivity index (χ0v) is 15.8. The fraction of sp³-hybridized carbons (Fsp3) is 0.316. The number of nitrogens with zero attached hydrogens (tertiary/aromatic N) is 1. The lowest BCUT2D eigenvalue weighted by Gasteiger charge is -2.19. The molecule has 0 saturated heterocycles. The number of aromatic nitrogens is 1. The molecule has 9 heteroatoms. The molecule has 0 unspecified atom stereocenters. The Hall–Kier alpha value is -3.23. The second-order valence-electron chi connectivity index (χ2n) is 6.90. The zero-order chi connectivity index (χ0) is 20.7. The van der Waals surface area contributed by atoms with Crippen molar-refractivity contribution < 1.29 is 23.1 Å². The van der Waals surface area contributed by atoms with Crippen LogP contribution in [0.1, 0.15) is 27.2 Å². The largest absolute Gasteiger partial charge is 0.444 e. The van der Waals surface area contributed by atoms with E-state index in [9.17, 15) is 18.4 Å². The van der Waals surface area contributed by atoms with Crippen molar-refractivity contribution >= 4 is 29.2 Å². The number of anilines is 3. The van der Waals surface area contributed by atoms with Crippen molar-refractivity contribution in [2.75, 3.05) is 17.2 Å². The molecular weight excluding hydrogens is 370 g/mol. The number of halogens is 2. The van der Waals surface area contributed by atoms with Crippen LogP contribution < -0.4 is 16.0 Å². The quantitative estimate of drug-likeness (QED) is 0.692. The van der Waals surface area contributed by atoms with E-state index in [0.29, 0.717) is 5.69 Å². The van der Waals surface area contributed by atoms with Crippen LogP contribution in [0.25, 0.3) is 0 Å². The smallest absolute Gasteiger partial charge is 0.407 e. The summed E-state index contributed by atoms with van der Waals surface area (Å²) >= 11 is 0. The summed E-state index contributed by atoms with van der Waals surface area (Å²) < 4.78 is 31.6. The van der Waals surface area contributed by atoms with Crippen LogP contribution in [0.15, 0.2) is 36.5 Å². The van der Waals surface area contributed by atoms with Crippen molar-refractivity contribution in [2.24, 2.45) is 0 Å². The average Bonchev–Trinajstić information content (AvgIpc) is 2.58. The van der Waals surface area contributed by atoms with Crippen LogP contribution in [0.5, 0.6) is 0 Å². The Balaban J connectivity index is 1.94. The number of pyridine rings is 1. The number of amides is 2. The van der Waals surface area contributed by atoms with Crippen molar-refractivity contribution in [2.45, 2.75) is 32.8 Å². The van der Waals surface area contributed by atoms with Gasteiger partial charge in [0.05, 0.1) is 17.6 Å². The van der Waals surface area contributed by atoms with E-state index in [-0.39, 0.29) is 24.5 Å². The van der Waals surface area contributed by atoms with E-state index in [1.54, 1.807) is 20.8 Å². The molecule has 0 aliphatic rings. The first-order chi connectivity index (χ1) is 13.1. The van der Waals surface area contributed by atoms with Crippen LogP contribution >= 0.6 is 0 Å². The molecule has 1 aromatic carbocycles. The molecule has 0 atom stereocenters. The standard InChI is InChI=1S/C19H22F2N4O3/c1-19(2,3)28-18(27)22-9-8-17(26)25-14-6-4-12(20)10-15(14)24-16-7-5-13(21)11-23-16/h4-7,10-11H,8-9H2,1-3H3,(H,22,27)(H,23,24)(H,25,26). The summed E-state index contributed by atoms with van der Waals surface area (Å²) in [6, 6.07) is 6.35. The molecule has 1 aromatic heterocycles. The van der Waals surface area contributed by atoms with Crippen molar-refractivity contribution in [3.05, 3.63) is 48.2 Å². The van der Waals surface area contributed by atoms with Gasteiger partial charge >= 0.3 is 6.09 Å². The van der Waals surface area contributed by atoms with Gasteiger partial charge in [-0.05, 0) is 51.1 Å². The highest BCUT2D eigenvalue weighted by molar-refractivity contribution is 5.95. The highest BCUT2D eigenvalue weighted by atomic mass is 19.1. The summed E-state index contributed by atoms with van der Waals surface area (Å²) in [5.74, 6) is -1.13. The molecule has 0 aliphatic carbocycles. The number of ether oxygens (including phenoxy) is 1. The van der Waals surface area contributed by atoms with Gasteiger partial charge in [0, 0.05) is 13.0 Å². The van der Waals surface area contributed by atoms with Gasteiger partial charge in [-0.3, -0.25) is 4.79 Å². The topological polar surface area (TPSA) is 92.3 Å². The van der Waals surface area contributed by atoms with E-state index in [0.717, 1.165) is 6.20 Å². The summed E-state index contributed by atoms with van der Waals surface area (Å²) in [7, 11) is 0. The molecule has 28 heavy (non-hydrogen) atoms. The molecule has 3 N–H and O–H groups in total. The normalized spacial score (nSPS) is 10.9. The number of nitrogens with one attached hydrogen (secondary N) is 3. The average molecular weight is 392 g/mol. The molecule has 2 aromatic rings. The third-order valence-electron chi connectivity index (χ3n) is 3.27. The monoisotopic (exact) mass is 392 g/mol. The second-order valence-corrected chi connectivity index (χ2v) is 6.90. The predicted molar refractivity (Wildman–Crippen MR) is 101 cm³/mol. The predicted octanol–water partition coefficient (Wildman–Crippen LogP) is 3.96. The molecule has 2 amide bonds. The first kappa shape index (κ1) is 21.1. The molecule has 0 spiro atoms. The highest BCUT2D eigenvalue weighted by Crippen LogP contribution is 2.26. The molecule has 0 aliphatic heterocycles. The van der Waals surface area contributed by atoms with Crippen molar-refractivity contribution in [1.82, 2.24) is 10.3 Å². The maximum atomic E-state index is 13.6. The summed E-state index contributed by atoms with van der Waals surface area (Å²) in [5, 5.41) is 7.93. The Labute approximate surface area is 161 Å². The SMILES string of the molecule is CC(C)(C)OC(=O)NCCC(=O)Nc1ccc(F)cc1Nc1ccc(F)cn1. The van der Waals surface area contributed by atoms with Crippen LogP contribution in [0.4, 0.5) is 30.8 Å². The lowest BCUT2D eigenvalue weighted by atomic mass is 10.2. The second kappa shape index (κ2) is 9.12. The summed E-state index contributed by atoms with van der Waals surface area (Å²) in [5.41, 5.74) is -0.0579. The molecule has 0 radical (unpaired) electrons. The van der Waals surface area contributed by atoms with Gasteiger partial charge in [0.2, 0.25) is 5.91 Å². The fourth-order valence-electron chi connectivity index (χ4n) is 2.12. The molecular formula is C19H22F2N4O3. The lowest BCUT2D eigenvalue weighted by Crippen LogP contribution is -2.34. The Morgan fingerprint density at radius 1 is 1.07 bits per heavy atom. The van der Waals surface area contributed by atoms with Gasteiger partial charge in [-0.25, -0.2) is 18.6 Å². The van der Waals surface area contributed by atoms with Crippen molar-refractivity contribution in [3.8, 4) is 0 Å². The number of hydrogen-bond donors (Lipinski definition) is 3. The van der Waals surface area contributed by atoms with E-state index in [1.807, 2.05) is 0 Å². The van der Waals surface area contributed by atoms with E-state index >= 15 is 0 Å². The van der Waals surface area contributed by atoms with Gasteiger partial charge in [-0.1, -0.05) is 0 Å². The van der Waals surface area contributed by atoms with E-state index < -0.39 is 29.2 Å². The van der Waals surface area contributed by atoms with E-state index in [1.165, 1.54) is 30.3 Å². The number of rotatable bonds is 6. The third-order valence-corrected chi connectivity index (χ3v) is 3.27. The minimum atomic E-state index is -0.630. The molecule has 0 fully saturated rings. The summed E-state index contributed by atoms with van der Waals surface area (Å²) in [6.07, 6.45) is 0.388. The number of alkyl carbamates (subject to hydrolysis) is 1. The van der Waals surface area contributed by atoms with Crippen LogP contribution in [-0.4, -0.2) is 29.1 Å². The van der Waals surface area contributed by atoms with Gasteiger partial charge < -0.3 is 20.7 Å². The molecule has 7 nitrogen and oxygen atoms in total. The van der Waals surface area contributed by atoms with Gasteiger partial charge in [0.25, 0.3) is 0 Å². The first-order valence-electron chi connectivity index (χ1n) is 8.57. The van der Waals surface area contributed by atoms with Crippen molar-refractivity contribution in [3.63, 3.8) is 0 Å². The van der Waals surface area contributed by atoms with E-state index in [4.69, 9.17) is 4.74 Å². The zero-order valence-electron chi connectivity index (χ0n) is 15.8. The molecule has 1 heterocycles. The minimum absolute atomic E-state index is 0.00907. The lowest BCUT2D eigenvalue weighted by molar-refractivity contribution is -0.116. The Bertz CT molecular complexity index is 836. The van der Waals surface area contributed by atoms with E-state index in [2.05, 4.69) is 20.9 Å². The Morgan fingerprint density at radius 3 is 2.43 bits per heavy atom. The molecule has 0 saturated carbocycles. The van der Waals surface area contributed by atoms with Crippen molar-refractivity contribution in [1.29, 1.82) is 0 Å². The number of carbonyl (C=O) groups excluding carboxylic acids is 2. The minimum Gasteiger partial charge on any atom is -0.444 e. The molecule has 0 bridgehead atoms. The fourth-order valence-corrected chi connectivity index (χ4v) is 2.12. The highest BCUT2D eigenvalue weighted by Gasteiger charge is 2.16. The number of carbonyl (C=O) groups is 2. The maximum Gasteiger partial charge on any atom is 0.407 e. The number of hydrogen-bond acceptors (Lipinski definition) is 5. The van der Waals surface area contributed by atoms with Crippen LogP contribution in [0, 0.1) is 11.6 Å². The first-order valence-corrected chi connectivity index (χ1v) is 8.57. The van der Waals surface area contributed by atoms with Crippen LogP contribution in [-0.2, 0) is 9.53 Å². The van der Waals surface area contributed by atoms with Gasteiger partial charge in [0.1, 0.15) is 23.1 Å². The maximum absolute atomic E-state index is 13.6. The Morgan fingerprint density at radius 2 is 1.79 bits per heavy atom. The van der Waals surface area contributed by atoms with Crippen LogP contribution in [0.3, 0.4) is 0 Å². The van der Waals surface area contributed by atoms with Crippen LogP contribution in [0.2, 0.25) is 0 Å².